The molecule has 1 N–H and O–H groups in total. The van der Waals surface area contributed by atoms with Gasteiger partial charge in [0.2, 0.25) is 0 Å². The minimum absolute atomic E-state index is 0.0339. The molecule has 1 rings (SSSR count). The van der Waals surface area contributed by atoms with Crippen molar-refractivity contribution < 1.29 is 19.1 Å². The lowest BCUT2D eigenvalue weighted by Crippen LogP contribution is -2.53. The van der Waals surface area contributed by atoms with E-state index in [0.717, 1.165) is 25.7 Å². The predicted octanol–water partition coefficient (Wildman–Crippen LogP) is 5.90. The van der Waals surface area contributed by atoms with Gasteiger partial charge in [0.15, 0.2) is 6.61 Å². The summed E-state index contributed by atoms with van der Waals surface area (Å²) in [6.07, 6.45) is 16.3. The Hall–Kier alpha value is -1.70. The SMILES string of the molecule is CC#CCOC(=O)NC1(C(=O)OCCCCCCCCCCCCC)CCCC1. The van der Waals surface area contributed by atoms with E-state index in [1.54, 1.807) is 6.92 Å². The summed E-state index contributed by atoms with van der Waals surface area (Å²) in [5, 5.41) is 2.74. The smallest absolute Gasteiger partial charge is 0.409 e. The standard InChI is InChI=1S/C24H41NO4/c1-3-5-7-8-9-10-11-12-13-14-17-21-28-22(26)24(18-15-16-19-24)25-23(27)29-20-6-4-2/h3,5,7-21H2,1-2H3,(H,25,27). The van der Waals surface area contributed by atoms with Gasteiger partial charge in [-0.2, -0.15) is 0 Å². The fourth-order valence-corrected chi connectivity index (χ4v) is 3.83. The molecule has 0 atom stereocenters. The van der Waals surface area contributed by atoms with Gasteiger partial charge >= 0.3 is 12.1 Å². The largest absolute Gasteiger partial charge is 0.464 e. The van der Waals surface area contributed by atoms with Crippen LogP contribution in [0.2, 0.25) is 0 Å². The van der Waals surface area contributed by atoms with Gasteiger partial charge < -0.3 is 14.8 Å². The van der Waals surface area contributed by atoms with Crippen LogP contribution in [0.5, 0.6) is 0 Å². The quantitative estimate of drug-likeness (QED) is 0.208. The number of unbranched alkanes of at least 4 members (excludes halogenated alkanes) is 10. The first-order valence-electron chi connectivity index (χ1n) is 11.7. The summed E-state index contributed by atoms with van der Waals surface area (Å²) in [4.78, 5) is 24.5. The molecule has 166 valence electrons. The van der Waals surface area contributed by atoms with Gasteiger partial charge in [0.1, 0.15) is 5.54 Å². The van der Waals surface area contributed by atoms with E-state index in [2.05, 4.69) is 24.1 Å². The molecule has 0 radical (unpaired) electrons. The van der Waals surface area contributed by atoms with Crippen molar-refractivity contribution >= 4 is 12.1 Å². The van der Waals surface area contributed by atoms with E-state index in [1.807, 2.05) is 0 Å². The average molecular weight is 408 g/mol. The van der Waals surface area contributed by atoms with Gasteiger partial charge in [-0.1, -0.05) is 89.9 Å². The third-order valence-electron chi connectivity index (χ3n) is 5.62. The van der Waals surface area contributed by atoms with Gasteiger partial charge in [0.05, 0.1) is 6.61 Å². The molecular formula is C24H41NO4. The maximum Gasteiger partial charge on any atom is 0.409 e. The summed E-state index contributed by atoms with van der Waals surface area (Å²) in [5.41, 5.74) is -0.922. The van der Waals surface area contributed by atoms with E-state index in [1.165, 1.54) is 57.8 Å². The van der Waals surface area contributed by atoms with Gasteiger partial charge in [0.25, 0.3) is 0 Å². The molecule has 1 aliphatic rings. The number of hydrogen-bond donors (Lipinski definition) is 1. The van der Waals surface area contributed by atoms with Crippen molar-refractivity contribution in [2.75, 3.05) is 13.2 Å². The lowest BCUT2D eigenvalue weighted by Gasteiger charge is -2.27. The lowest BCUT2D eigenvalue weighted by molar-refractivity contribution is -0.151. The van der Waals surface area contributed by atoms with Crippen LogP contribution in [-0.4, -0.2) is 30.8 Å². The monoisotopic (exact) mass is 407 g/mol. The molecule has 0 aromatic rings. The zero-order chi connectivity index (χ0) is 21.2. The zero-order valence-electron chi connectivity index (χ0n) is 18.7. The molecule has 1 fully saturated rings. The summed E-state index contributed by atoms with van der Waals surface area (Å²) < 4.78 is 10.5. The first kappa shape index (κ1) is 25.3. The molecule has 29 heavy (non-hydrogen) atoms. The highest BCUT2D eigenvalue weighted by Gasteiger charge is 2.44. The highest BCUT2D eigenvalue weighted by molar-refractivity contribution is 5.86. The zero-order valence-corrected chi connectivity index (χ0v) is 18.7. The van der Waals surface area contributed by atoms with Gasteiger partial charge in [-0.3, -0.25) is 0 Å². The Kier molecular flexibility index (Phi) is 14.1. The number of nitrogens with one attached hydrogen (secondary N) is 1. The average Bonchev–Trinajstić information content (AvgIpc) is 3.18. The van der Waals surface area contributed by atoms with Crippen LogP contribution >= 0.6 is 0 Å². The Labute approximate surface area is 177 Å². The normalized spacial score (nSPS) is 14.7. The molecule has 0 aliphatic heterocycles. The fraction of sp³-hybridized carbons (Fsp3) is 0.833. The van der Waals surface area contributed by atoms with Crippen LogP contribution in [0.1, 0.15) is 110 Å². The van der Waals surface area contributed by atoms with E-state index in [4.69, 9.17) is 9.47 Å². The maximum atomic E-state index is 12.6. The minimum Gasteiger partial charge on any atom is -0.464 e. The number of carbonyl (C=O) groups is 2. The van der Waals surface area contributed by atoms with E-state index in [-0.39, 0.29) is 12.6 Å². The van der Waals surface area contributed by atoms with E-state index >= 15 is 0 Å². The Morgan fingerprint density at radius 3 is 1.97 bits per heavy atom. The van der Waals surface area contributed by atoms with E-state index in [0.29, 0.717) is 19.4 Å². The molecule has 0 aromatic heterocycles. The molecule has 1 aliphatic carbocycles. The third-order valence-corrected chi connectivity index (χ3v) is 5.62. The number of hydrogen-bond acceptors (Lipinski definition) is 4. The van der Waals surface area contributed by atoms with Crippen LogP contribution < -0.4 is 5.32 Å². The second-order valence-corrected chi connectivity index (χ2v) is 8.09. The van der Waals surface area contributed by atoms with Crippen molar-refractivity contribution in [2.45, 2.75) is 116 Å². The number of rotatable bonds is 15. The fourth-order valence-electron chi connectivity index (χ4n) is 3.83. The molecule has 0 bridgehead atoms. The maximum absolute atomic E-state index is 12.6. The Bertz CT molecular complexity index is 515. The van der Waals surface area contributed by atoms with E-state index in [9.17, 15) is 9.59 Å². The van der Waals surface area contributed by atoms with Gasteiger partial charge in [-0.05, 0) is 26.2 Å². The van der Waals surface area contributed by atoms with Crippen molar-refractivity contribution in [2.24, 2.45) is 0 Å². The lowest BCUT2D eigenvalue weighted by atomic mass is 9.98. The highest BCUT2D eigenvalue weighted by Crippen LogP contribution is 2.31. The molecular weight excluding hydrogens is 366 g/mol. The summed E-state index contributed by atoms with van der Waals surface area (Å²) in [7, 11) is 0. The van der Waals surface area contributed by atoms with Crippen molar-refractivity contribution in [3.05, 3.63) is 0 Å². The second kappa shape index (κ2) is 16.1. The first-order valence-corrected chi connectivity index (χ1v) is 11.7. The van der Waals surface area contributed by atoms with Crippen molar-refractivity contribution in [1.29, 1.82) is 0 Å². The van der Waals surface area contributed by atoms with Crippen LogP contribution in [0.15, 0.2) is 0 Å². The molecule has 1 saturated carbocycles. The van der Waals surface area contributed by atoms with Crippen molar-refractivity contribution in [3.8, 4) is 11.8 Å². The van der Waals surface area contributed by atoms with Crippen LogP contribution in [0.25, 0.3) is 0 Å². The van der Waals surface area contributed by atoms with E-state index < -0.39 is 11.6 Å². The van der Waals surface area contributed by atoms with Crippen molar-refractivity contribution in [1.82, 2.24) is 5.32 Å². The Morgan fingerprint density at radius 1 is 0.862 bits per heavy atom. The van der Waals surface area contributed by atoms with Crippen molar-refractivity contribution in [3.63, 3.8) is 0 Å². The van der Waals surface area contributed by atoms with Crippen LogP contribution in [0.4, 0.5) is 4.79 Å². The molecule has 5 nitrogen and oxygen atoms in total. The van der Waals surface area contributed by atoms with Crippen LogP contribution in [0, 0.1) is 11.8 Å². The highest BCUT2D eigenvalue weighted by atomic mass is 16.6. The molecule has 5 heteroatoms. The number of alkyl carbamates (subject to hydrolysis) is 1. The number of amides is 1. The summed E-state index contributed by atoms with van der Waals surface area (Å²) in [6, 6.07) is 0. The van der Waals surface area contributed by atoms with Gasteiger partial charge in [-0.15, -0.1) is 5.92 Å². The molecule has 0 unspecified atom stereocenters. The number of carbonyl (C=O) groups excluding carboxylic acids is 2. The first-order chi connectivity index (χ1) is 14.1. The molecule has 1 amide bonds. The molecule has 0 heterocycles. The summed E-state index contributed by atoms with van der Waals surface area (Å²) in [5.74, 6) is 5.02. The van der Waals surface area contributed by atoms with Crippen LogP contribution in [-0.2, 0) is 14.3 Å². The topological polar surface area (TPSA) is 64.6 Å². The molecule has 0 saturated heterocycles. The summed E-state index contributed by atoms with van der Waals surface area (Å²) >= 11 is 0. The van der Waals surface area contributed by atoms with Crippen LogP contribution in [0.3, 0.4) is 0 Å². The molecule has 0 aromatic carbocycles. The molecule has 0 spiro atoms. The Morgan fingerprint density at radius 2 is 1.41 bits per heavy atom. The van der Waals surface area contributed by atoms with Gasteiger partial charge in [0, 0.05) is 0 Å². The Balaban J connectivity index is 2.13. The summed E-state index contributed by atoms with van der Waals surface area (Å²) in [6.45, 7) is 4.40. The predicted molar refractivity (Wildman–Crippen MR) is 117 cm³/mol. The second-order valence-electron chi connectivity index (χ2n) is 8.09. The number of esters is 1. The third kappa shape index (κ3) is 11.2. The number of ether oxygens (including phenoxy) is 2. The van der Waals surface area contributed by atoms with Gasteiger partial charge in [-0.25, -0.2) is 9.59 Å². The minimum atomic E-state index is -0.922.